The third-order valence-electron chi connectivity index (χ3n) is 5.37. The van der Waals surface area contributed by atoms with Crippen LogP contribution >= 0.6 is 0 Å². The number of hydrogen-bond acceptors (Lipinski definition) is 6. The highest BCUT2D eigenvalue weighted by Crippen LogP contribution is 2.17. The predicted molar refractivity (Wildman–Crippen MR) is 94.6 cm³/mol. The van der Waals surface area contributed by atoms with E-state index in [1.807, 2.05) is 30.9 Å². The van der Waals surface area contributed by atoms with Crippen molar-refractivity contribution in [2.45, 2.75) is 32.7 Å². The van der Waals surface area contributed by atoms with Crippen molar-refractivity contribution in [2.24, 2.45) is 0 Å². The van der Waals surface area contributed by atoms with Crippen molar-refractivity contribution in [3.8, 4) is 0 Å². The van der Waals surface area contributed by atoms with Crippen molar-refractivity contribution in [2.75, 3.05) is 44.2 Å². The molecule has 25 heavy (non-hydrogen) atoms. The van der Waals surface area contributed by atoms with E-state index in [9.17, 15) is 4.79 Å². The molecule has 2 saturated heterocycles. The molecule has 0 spiro atoms. The van der Waals surface area contributed by atoms with Crippen LogP contribution < -0.4 is 4.90 Å². The molecular formula is C17H25N7O. The molecule has 2 aromatic rings. The summed E-state index contributed by atoms with van der Waals surface area (Å²) < 4.78 is 1.78. The van der Waals surface area contributed by atoms with Crippen LogP contribution in [0.15, 0.2) is 12.1 Å². The lowest BCUT2D eigenvalue weighted by Crippen LogP contribution is -2.54. The van der Waals surface area contributed by atoms with Crippen molar-refractivity contribution >= 4 is 17.4 Å². The van der Waals surface area contributed by atoms with Crippen LogP contribution in [0.4, 0.5) is 5.82 Å². The van der Waals surface area contributed by atoms with Gasteiger partial charge in [-0.25, -0.2) is 0 Å². The summed E-state index contributed by atoms with van der Waals surface area (Å²) in [6.45, 7) is 9.29. The highest BCUT2D eigenvalue weighted by Gasteiger charge is 2.30. The molecule has 2 aliphatic rings. The fourth-order valence-corrected chi connectivity index (χ4v) is 3.75. The van der Waals surface area contributed by atoms with E-state index < -0.39 is 0 Å². The molecule has 4 rings (SSSR count). The van der Waals surface area contributed by atoms with E-state index in [1.54, 1.807) is 4.52 Å². The van der Waals surface area contributed by atoms with Crippen LogP contribution in [-0.2, 0) is 4.79 Å². The number of fused-ring (bicyclic) bond motifs is 1. The highest BCUT2D eigenvalue weighted by molar-refractivity contribution is 5.81. The number of likely N-dealkylation sites (tertiary alicyclic amines) is 1. The van der Waals surface area contributed by atoms with E-state index in [4.69, 9.17) is 0 Å². The van der Waals surface area contributed by atoms with Gasteiger partial charge in [0, 0.05) is 39.3 Å². The number of aromatic nitrogens is 4. The predicted octanol–water partition coefficient (Wildman–Crippen LogP) is 0.566. The fraction of sp³-hybridized carbons (Fsp3) is 0.647. The fourth-order valence-electron chi connectivity index (χ4n) is 3.75. The SMILES string of the molecule is Cc1nnc2ccc(N3CCN([C@H](C)C(=O)N4CCCC4)CC3)nn12. The van der Waals surface area contributed by atoms with Gasteiger partial charge in [-0.15, -0.1) is 15.3 Å². The minimum absolute atomic E-state index is 0.0317. The largest absolute Gasteiger partial charge is 0.353 e. The van der Waals surface area contributed by atoms with Crippen molar-refractivity contribution < 1.29 is 4.79 Å². The molecular weight excluding hydrogens is 318 g/mol. The Kier molecular flexibility index (Phi) is 4.29. The number of carbonyl (C=O) groups excluding carboxylic acids is 1. The number of anilines is 1. The monoisotopic (exact) mass is 343 g/mol. The van der Waals surface area contributed by atoms with Crippen LogP contribution in [0.1, 0.15) is 25.6 Å². The van der Waals surface area contributed by atoms with E-state index in [0.717, 1.165) is 69.4 Å². The zero-order valence-electron chi connectivity index (χ0n) is 14.9. The van der Waals surface area contributed by atoms with Crippen molar-refractivity contribution in [3.63, 3.8) is 0 Å². The van der Waals surface area contributed by atoms with Crippen LogP contribution in [0, 0.1) is 6.92 Å². The van der Waals surface area contributed by atoms with Crippen LogP contribution in [0.2, 0.25) is 0 Å². The second-order valence-corrected chi connectivity index (χ2v) is 6.94. The van der Waals surface area contributed by atoms with Crippen molar-refractivity contribution in [1.82, 2.24) is 29.6 Å². The maximum Gasteiger partial charge on any atom is 0.239 e. The highest BCUT2D eigenvalue weighted by atomic mass is 16.2. The number of aryl methyl sites for hydroxylation is 1. The molecule has 8 nitrogen and oxygen atoms in total. The normalized spacial score (nSPS) is 20.4. The average molecular weight is 343 g/mol. The molecule has 0 N–H and O–H groups in total. The molecule has 2 fully saturated rings. The van der Waals surface area contributed by atoms with Gasteiger partial charge in [-0.05, 0) is 38.8 Å². The van der Waals surface area contributed by atoms with Gasteiger partial charge in [0.25, 0.3) is 0 Å². The molecule has 0 aliphatic carbocycles. The number of piperazine rings is 1. The second kappa shape index (κ2) is 6.59. The summed E-state index contributed by atoms with van der Waals surface area (Å²) in [6, 6.07) is 3.92. The van der Waals surface area contributed by atoms with Gasteiger partial charge in [0.1, 0.15) is 5.82 Å². The molecule has 8 heteroatoms. The lowest BCUT2D eigenvalue weighted by atomic mass is 10.2. The molecule has 1 amide bonds. The zero-order chi connectivity index (χ0) is 17.4. The van der Waals surface area contributed by atoms with E-state index in [2.05, 4.69) is 25.1 Å². The Morgan fingerprint density at radius 1 is 1.04 bits per heavy atom. The Hall–Kier alpha value is -2.22. The number of rotatable bonds is 3. The summed E-state index contributed by atoms with van der Waals surface area (Å²) in [7, 11) is 0. The summed E-state index contributed by atoms with van der Waals surface area (Å²) in [5.41, 5.74) is 0.768. The number of carbonyl (C=O) groups is 1. The van der Waals surface area contributed by atoms with Crippen molar-refractivity contribution in [1.29, 1.82) is 0 Å². The van der Waals surface area contributed by atoms with Gasteiger partial charge < -0.3 is 9.80 Å². The van der Waals surface area contributed by atoms with Crippen molar-refractivity contribution in [3.05, 3.63) is 18.0 Å². The van der Waals surface area contributed by atoms with Gasteiger partial charge in [-0.1, -0.05) is 0 Å². The first-order chi connectivity index (χ1) is 12.1. The number of hydrogen-bond donors (Lipinski definition) is 0. The standard InChI is InChI=1S/C17H25N7O/c1-13(17(25)23-7-3-4-8-23)21-9-11-22(12-10-21)16-6-5-15-19-18-14(2)24(15)20-16/h5-6,13H,3-4,7-12H2,1-2H3/t13-/m1/s1. The van der Waals surface area contributed by atoms with E-state index in [-0.39, 0.29) is 11.9 Å². The third-order valence-corrected chi connectivity index (χ3v) is 5.37. The van der Waals surface area contributed by atoms with Crippen LogP contribution in [0.5, 0.6) is 0 Å². The van der Waals surface area contributed by atoms with E-state index >= 15 is 0 Å². The Bertz CT molecular complexity index is 759. The van der Waals surface area contributed by atoms with Gasteiger partial charge in [0.15, 0.2) is 11.5 Å². The minimum Gasteiger partial charge on any atom is -0.353 e. The van der Waals surface area contributed by atoms with Gasteiger partial charge >= 0.3 is 0 Å². The molecule has 0 saturated carbocycles. The lowest BCUT2D eigenvalue weighted by molar-refractivity contribution is -0.135. The Morgan fingerprint density at radius 2 is 1.76 bits per heavy atom. The molecule has 0 unspecified atom stereocenters. The smallest absolute Gasteiger partial charge is 0.239 e. The van der Waals surface area contributed by atoms with E-state index in [0.29, 0.717) is 0 Å². The molecule has 2 aromatic heterocycles. The average Bonchev–Trinajstić information content (AvgIpc) is 3.31. The maximum atomic E-state index is 12.6. The number of nitrogens with zero attached hydrogens (tertiary/aromatic N) is 7. The quantitative estimate of drug-likeness (QED) is 0.811. The van der Waals surface area contributed by atoms with Gasteiger partial charge in [-0.2, -0.15) is 4.52 Å². The summed E-state index contributed by atoms with van der Waals surface area (Å²) >= 11 is 0. The maximum absolute atomic E-state index is 12.6. The first kappa shape index (κ1) is 16.3. The summed E-state index contributed by atoms with van der Waals surface area (Å²) in [5.74, 6) is 2.01. The van der Waals surface area contributed by atoms with Gasteiger partial charge in [0.2, 0.25) is 5.91 Å². The van der Waals surface area contributed by atoms with Crippen LogP contribution in [0.25, 0.3) is 5.65 Å². The molecule has 1 atom stereocenters. The number of amides is 1. The summed E-state index contributed by atoms with van der Waals surface area (Å²) in [4.78, 5) is 19.2. The molecule has 0 bridgehead atoms. The Morgan fingerprint density at radius 3 is 2.48 bits per heavy atom. The summed E-state index contributed by atoms with van der Waals surface area (Å²) in [5, 5.41) is 12.8. The Labute approximate surface area is 147 Å². The van der Waals surface area contributed by atoms with Crippen LogP contribution in [-0.4, -0.2) is 80.8 Å². The van der Waals surface area contributed by atoms with Crippen LogP contribution in [0.3, 0.4) is 0 Å². The third kappa shape index (κ3) is 3.06. The molecule has 0 radical (unpaired) electrons. The van der Waals surface area contributed by atoms with Gasteiger partial charge in [0.05, 0.1) is 6.04 Å². The van der Waals surface area contributed by atoms with E-state index in [1.165, 1.54) is 0 Å². The lowest BCUT2D eigenvalue weighted by Gasteiger charge is -2.38. The zero-order valence-corrected chi connectivity index (χ0v) is 14.9. The second-order valence-electron chi connectivity index (χ2n) is 6.94. The molecule has 0 aromatic carbocycles. The molecule has 2 aliphatic heterocycles. The molecule has 134 valence electrons. The van der Waals surface area contributed by atoms with Gasteiger partial charge in [-0.3, -0.25) is 9.69 Å². The first-order valence-electron chi connectivity index (χ1n) is 9.10. The molecule has 4 heterocycles. The Balaban J connectivity index is 1.40. The minimum atomic E-state index is -0.0317. The summed E-state index contributed by atoms with van der Waals surface area (Å²) in [6.07, 6.45) is 2.28. The first-order valence-corrected chi connectivity index (χ1v) is 9.10. The topological polar surface area (TPSA) is 69.9 Å².